The van der Waals surface area contributed by atoms with E-state index in [1.165, 1.54) is 6.26 Å². The molecule has 6 nitrogen and oxygen atoms in total. The predicted octanol–water partition coefficient (Wildman–Crippen LogP) is 6.14. The second-order valence-corrected chi connectivity index (χ2v) is 10.5. The Bertz CT molecular complexity index is 1860. The lowest BCUT2D eigenvalue weighted by Crippen LogP contribution is -2.48. The van der Waals surface area contributed by atoms with Gasteiger partial charge in [0.2, 0.25) is 0 Å². The van der Waals surface area contributed by atoms with E-state index in [2.05, 4.69) is 0 Å². The monoisotopic (exact) mass is 522 g/mol. The van der Waals surface area contributed by atoms with Gasteiger partial charge in [-0.1, -0.05) is 84.9 Å². The van der Waals surface area contributed by atoms with Crippen LogP contribution in [0.4, 0.5) is 5.69 Å². The van der Waals surface area contributed by atoms with Crippen molar-refractivity contribution in [2.24, 2.45) is 5.41 Å². The molecule has 5 aromatic rings. The van der Waals surface area contributed by atoms with Crippen LogP contribution >= 0.6 is 0 Å². The first-order valence-corrected chi connectivity index (χ1v) is 13.3. The molecule has 0 amide bonds. The molecule has 1 fully saturated rings. The molecule has 3 atom stereocenters. The highest BCUT2D eigenvalue weighted by molar-refractivity contribution is 6.32. The van der Waals surface area contributed by atoms with Gasteiger partial charge in [0.25, 0.3) is 0 Å². The van der Waals surface area contributed by atoms with Gasteiger partial charge in [0.15, 0.2) is 17.3 Å². The van der Waals surface area contributed by atoms with Crippen LogP contribution in [0.1, 0.15) is 48.3 Å². The molecule has 3 aliphatic rings. The maximum absolute atomic E-state index is 14.6. The van der Waals surface area contributed by atoms with Crippen LogP contribution in [0.2, 0.25) is 0 Å². The molecule has 2 aliphatic heterocycles. The first-order valence-electron chi connectivity index (χ1n) is 13.3. The van der Waals surface area contributed by atoms with Gasteiger partial charge in [-0.25, -0.2) is 0 Å². The van der Waals surface area contributed by atoms with E-state index in [1.54, 1.807) is 54.7 Å². The van der Waals surface area contributed by atoms with Gasteiger partial charge in [-0.05, 0) is 23.8 Å². The number of hydrogen-bond acceptors (Lipinski definition) is 6. The fourth-order valence-corrected chi connectivity index (χ4v) is 7.13. The summed E-state index contributed by atoms with van der Waals surface area (Å²) < 4.78 is 5.97. The molecule has 1 aliphatic carbocycles. The van der Waals surface area contributed by atoms with Crippen LogP contribution in [-0.4, -0.2) is 34.4 Å². The summed E-state index contributed by atoms with van der Waals surface area (Å²) in [6.07, 6.45) is 7.11. The van der Waals surface area contributed by atoms with Crippen molar-refractivity contribution in [2.45, 2.75) is 18.0 Å². The molecule has 192 valence electrons. The number of aromatic nitrogens is 1. The summed E-state index contributed by atoms with van der Waals surface area (Å²) >= 11 is 0. The molecule has 6 heteroatoms. The maximum atomic E-state index is 14.6. The van der Waals surface area contributed by atoms with E-state index in [-0.39, 0.29) is 17.3 Å². The normalized spacial score (nSPS) is 22.0. The van der Waals surface area contributed by atoms with Crippen molar-refractivity contribution in [3.05, 3.63) is 138 Å². The van der Waals surface area contributed by atoms with E-state index in [4.69, 9.17) is 9.40 Å². The Morgan fingerprint density at radius 2 is 1.57 bits per heavy atom. The topological polar surface area (TPSA) is 80.5 Å². The highest BCUT2D eigenvalue weighted by atomic mass is 16.3. The zero-order valence-electron chi connectivity index (χ0n) is 21.2. The number of ketones is 3. The predicted molar refractivity (Wildman–Crippen MR) is 151 cm³/mol. The Kier molecular flexibility index (Phi) is 4.68. The minimum absolute atomic E-state index is 0.186. The molecule has 0 radical (unpaired) electrons. The lowest BCUT2D eigenvalue weighted by Gasteiger charge is -2.37. The Morgan fingerprint density at radius 1 is 0.825 bits per heavy atom. The molecule has 40 heavy (non-hydrogen) atoms. The van der Waals surface area contributed by atoms with Gasteiger partial charge in [-0.15, -0.1) is 0 Å². The number of Topliss-reactive ketones (excluding diaryl/α,β-unsaturated/α-hetero) is 3. The number of anilines is 1. The molecule has 0 N–H and O–H groups in total. The highest BCUT2D eigenvalue weighted by Crippen LogP contribution is 2.61. The number of hydrogen-bond donors (Lipinski definition) is 0. The summed E-state index contributed by atoms with van der Waals surface area (Å²) in [5.41, 5.74) is 2.00. The number of fused-ring (bicyclic) bond motifs is 7. The number of carbonyl (C=O) groups excluding carboxylic acids is 3. The third-order valence-corrected chi connectivity index (χ3v) is 8.71. The fraction of sp³-hybridized carbons (Fsp3) is 0.118. The molecule has 3 aromatic carbocycles. The van der Waals surface area contributed by atoms with E-state index < -0.39 is 23.4 Å². The van der Waals surface area contributed by atoms with Crippen molar-refractivity contribution >= 4 is 40.0 Å². The van der Waals surface area contributed by atoms with Crippen LogP contribution < -0.4 is 4.90 Å². The zero-order chi connectivity index (χ0) is 27.0. The third-order valence-electron chi connectivity index (χ3n) is 8.71. The van der Waals surface area contributed by atoms with Gasteiger partial charge >= 0.3 is 0 Å². The first-order chi connectivity index (χ1) is 19.6. The molecule has 0 saturated carbocycles. The standard InChI is InChI=1S/C34H22N2O4/c37-31(22-8-2-1-3-9-22)30-27(25-13-7-19-40-25)34(32(38)23-11-4-5-12-24(23)33(34)39)26-17-16-21-15-14-20-10-6-18-35-28(20)29(21)36(26)30/h1-19,26-27,30H. The van der Waals surface area contributed by atoms with Crippen LogP contribution in [0.15, 0.2) is 114 Å². The molecule has 3 unspecified atom stereocenters. The maximum Gasteiger partial charge on any atom is 0.186 e. The summed E-state index contributed by atoms with van der Waals surface area (Å²) in [4.78, 5) is 50.6. The van der Waals surface area contributed by atoms with Gasteiger partial charge in [0, 0.05) is 28.3 Å². The highest BCUT2D eigenvalue weighted by Gasteiger charge is 2.72. The summed E-state index contributed by atoms with van der Waals surface area (Å²) in [5.74, 6) is -1.19. The molecule has 8 rings (SSSR count). The average molecular weight is 523 g/mol. The van der Waals surface area contributed by atoms with Crippen molar-refractivity contribution in [3.8, 4) is 0 Å². The molecule has 2 aromatic heterocycles. The Hall–Kier alpha value is -5.10. The van der Waals surface area contributed by atoms with Crippen molar-refractivity contribution in [1.29, 1.82) is 0 Å². The molecule has 0 bridgehead atoms. The Morgan fingerprint density at radius 3 is 2.30 bits per heavy atom. The van der Waals surface area contributed by atoms with E-state index in [1.807, 2.05) is 59.5 Å². The SMILES string of the molecule is O=C(c1ccccc1)C1C(c2ccco2)C2(C(=O)c3ccccc3C2=O)C2C=Cc3ccc4cccnc4c3N12. The smallest absolute Gasteiger partial charge is 0.186 e. The van der Waals surface area contributed by atoms with Gasteiger partial charge in [0.05, 0.1) is 29.4 Å². The van der Waals surface area contributed by atoms with Crippen molar-refractivity contribution < 1.29 is 18.8 Å². The number of rotatable bonds is 3. The van der Waals surface area contributed by atoms with Gasteiger partial charge in [-0.2, -0.15) is 0 Å². The van der Waals surface area contributed by atoms with E-state index >= 15 is 0 Å². The minimum Gasteiger partial charge on any atom is -0.469 e. The lowest BCUT2D eigenvalue weighted by atomic mass is 9.65. The molecule has 1 saturated heterocycles. The third kappa shape index (κ3) is 2.77. The molecule has 1 spiro atoms. The van der Waals surface area contributed by atoms with Crippen LogP contribution in [0.5, 0.6) is 0 Å². The largest absolute Gasteiger partial charge is 0.469 e. The number of carbonyl (C=O) groups is 3. The van der Waals surface area contributed by atoms with Crippen LogP contribution in [0.3, 0.4) is 0 Å². The first kappa shape index (κ1) is 22.8. The zero-order valence-corrected chi connectivity index (χ0v) is 21.2. The van der Waals surface area contributed by atoms with Gasteiger partial charge in [0.1, 0.15) is 17.2 Å². The van der Waals surface area contributed by atoms with Crippen molar-refractivity contribution in [1.82, 2.24) is 4.98 Å². The number of pyridine rings is 1. The minimum atomic E-state index is -1.60. The van der Waals surface area contributed by atoms with Crippen LogP contribution in [-0.2, 0) is 0 Å². The van der Waals surface area contributed by atoms with Gasteiger partial charge < -0.3 is 9.32 Å². The van der Waals surface area contributed by atoms with Crippen LogP contribution in [0.25, 0.3) is 17.0 Å². The number of nitrogens with zero attached hydrogens (tertiary/aromatic N) is 2. The summed E-state index contributed by atoms with van der Waals surface area (Å²) in [5, 5.41) is 0.907. The summed E-state index contributed by atoms with van der Waals surface area (Å²) in [6, 6.07) is 25.7. The second-order valence-electron chi connectivity index (χ2n) is 10.5. The Balaban J connectivity index is 1.48. The van der Waals surface area contributed by atoms with E-state index in [0.29, 0.717) is 28.0 Å². The van der Waals surface area contributed by atoms with Crippen molar-refractivity contribution in [3.63, 3.8) is 0 Å². The van der Waals surface area contributed by atoms with E-state index in [9.17, 15) is 14.4 Å². The van der Waals surface area contributed by atoms with Crippen molar-refractivity contribution in [2.75, 3.05) is 4.90 Å². The molecular weight excluding hydrogens is 500 g/mol. The van der Waals surface area contributed by atoms with E-state index in [0.717, 1.165) is 16.6 Å². The average Bonchev–Trinajstić information content (AvgIpc) is 3.70. The lowest BCUT2D eigenvalue weighted by molar-refractivity contribution is 0.0652. The second kappa shape index (κ2) is 8.20. The number of benzene rings is 3. The Labute approximate surface area is 229 Å². The quantitative estimate of drug-likeness (QED) is 0.209. The number of furan rings is 1. The summed E-state index contributed by atoms with van der Waals surface area (Å²) in [6.45, 7) is 0. The van der Waals surface area contributed by atoms with Gasteiger partial charge in [-0.3, -0.25) is 19.4 Å². The molecule has 4 heterocycles. The molecular formula is C34H22N2O4. The summed E-state index contributed by atoms with van der Waals surface area (Å²) in [7, 11) is 0. The fourth-order valence-electron chi connectivity index (χ4n) is 7.13. The van der Waals surface area contributed by atoms with Crippen LogP contribution in [0, 0.1) is 5.41 Å².